The summed E-state index contributed by atoms with van der Waals surface area (Å²) < 4.78 is 5.48. The van der Waals surface area contributed by atoms with Gasteiger partial charge in [0.25, 0.3) is 0 Å². The van der Waals surface area contributed by atoms with Crippen LogP contribution in [0.4, 0.5) is 0 Å². The molecule has 0 atom stereocenters. The molecule has 0 aliphatic heterocycles. The van der Waals surface area contributed by atoms with E-state index in [9.17, 15) is 9.59 Å². The monoisotopic (exact) mass is 230 g/mol. The first-order chi connectivity index (χ1) is 7.89. The van der Waals surface area contributed by atoms with Gasteiger partial charge in [-0.2, -0.15) is 0 Å². The van der Waals surface area contributed by atoms with Crippen LogP contribution >= 0.6 is 0 Å². The lowest BCUT2D eigenvalue weighted by Gasteiger charge is -2.15. The number of carbonyl (C=O) groups excluding carboxylic acids is 1. The first kappa shape index (κ1) is 11.6. The second-order valence-electron chi connectivity index (χ2n) is 5.05. The molecule has 3 nitrogen and oxygen atoms in total. The van der Waals surface area contributed by atoms with Gasteiger partial charge in [0.05, 0.1) is 5.39 Å². The fourth-order valence-corrected chi connectivity index (χ4v) is 1.59. The Balaban J connectivity index is 2.66. The van der Waals surface area contributed by atoms with Gasteiger partial charge in [-0.1, -0.05) is 32.9 Å². The maximum absolute atomic E-state index is 12.0. The van der Waals surface area contributed by atoms with Crippen molar-refractivity contribution in [2.24, 2.45) is 5.41 Å². The van der Waals surface area contributed by atoms with Crippen LogP contribution in [-0.2, 0) is 0 Å². The molecule has 0 saturated heterocycles. The zero-order valence-electron chi connectivity index (χ0n) is 10.1. The molecule has 0 saturated carbocycles. The van der Waals surface area contributed by atoms with Gasteiger partial charge in [-0.05, 0) is 12.1 Å². The summed E-state index contributed by atoms with van der Waals surface area (Å²) >= 11 is 0. The van der Waals surface area contributed by atoms with Crippen LogP contribution in [-0.4, -0.2) is 5.78 Å². The minimum Gasteiger partial charge on any atom is -0.453 e. The molecule has 0 spiro atoms. The van der Waals surface area contributed by atoms with Crippen LogP contribution in [0.5, 0.6) is 0 Å². The van der Waals surface area contributed by atoms with Crippen molar-refractivity contribution in [3.8, 4) is 0 Å². The second-order valence-corrected chi connectivity index (χ2v) is 5.05. The predicted molar refractivity (Wildman–Crippen MR) is 66.3 cm³/mol. The predicted octanol–water partition coefficient (Wildman–Crippen LogP) is 3.02. The molecule has 0 amide bonds. The van der Waals surface area contributed by atoms with Crippen molar-refractivity contribution >= 4 is 16.8 Å². The first-order valence-electron chi connectivity index (χ1n) is 5.47. The van der Waals surface area contributed by atoms with Crippen molar-refractivity contribution in [2.75, 3.05) is 0 Å². The van der Waals surface area contributed by atoms with Gasteiger partial charge in [0.15, 0.2) is 11.2 Å². The zero-order chi connectivity index (χ0) is 12.6. The van der Waals surface area contributed by atoms with Crippen molar-refractivity contribution in [1.29, 1.82) is 0 Å². The van der Waals surface area contributed by atoms with Crippen LogP contribution in [0.1, 0.15) is 31.3 Å². The molecule has 2 aromatic rings. The summed E-state index contributed by atoms with van der Waals surface area (Å²) in [5.41, 5.74) is -0.287. The molecule has 2 rings (SSSR count). The first-order valence-corrected chi connectivity index (χ1v) is 5.47. The van der Waals surface area contributed by atoms with Gasteiger partial charge in [-0.3, -0.25) is 9.59 Å². The molecule has 1 heterocycles. The van der Waals surface area contributed by atoms with Gasteiger partial charge in [0.2, 0.25) is 5.78 Å². The van der Waals surface area contributed by atoms with Crippen molar-refractivity contribution < 1.29 is 9.21 Å². The van der Waals surface area contributed by atoms with Crippen LogP contribution in [0, 0.1) is 5.41 Å². The summed E-state index contributed by atoms with van der Waals surface area (Å²) in [4.78, 5) is 23.8. The van der Waals surface area contributed by atoms with Gasteiger partial charge in [0, 0.05) is 11.5 Å². The lowest BCUT2D eigenvalue weighted by molar-refractivity contribution is 0.0829. The van der Waals surface area contributed by atoms with E-state index in [0.717, 1.165) is 0 Å². The average molecular weight is 230 g/mol. The van der Waals surface area contributed by atoms with E-state index in [1.165, 1.54) is 6.07 Å². The molecule has 0 bridgehead atoms. The minimum absolute atomic E-state index is 0.126. The number of ketones is 1. The van der Waals surface area contributed by atoms with Gasteiger partial charge >= 0.3 is 0 Å². The highest BCUT2D eigenvalue weighted by Gasteiger charge is 2.25. The molecule has 17 heavy (non-hydrogen) atoms. The van der Waals surface area contributed by atoms with E-state index in [1.807, 2.05) is 0 Å². The number of para-hydroxylation sites is 1. The standard InChI is InChI=1S/C14H14O3/c1-14(2,3)13(16)12-8-10(15)9-6-4-5-7-11(9)17-12/h4-8H,1-3H3. The summed E-state index contributed by atoms with van der Waals surface area (Å²) in [5, 5.41) is 0.498. The Morgan fingerprint density at radius 3 is 2.47 bits per heavy atom. The maximum Gasteiger partial charge on any atom is 0.203 e. The highest BCUT2D eigenvalue weighted by molar-refractivity contribution is 5.98. The normalized spacial score (nSPS) is 11.7. The third kappa shape index (κ3) is 2.13. The summed E-state index contributed by atoms with van der Waals surface area (Å²) in [6.45, 7) is 5.39. The fourth-order valence-electron chi connectivity index (χ4n) is 1.59. The number of rotatable bonds is 1. The largest absolute Gasteiger partial charge is 0.453 e. The lowest BCUT2D eigenvalue weighted by Crippen LogP contribution is -2.21. The number of hydrogen-bond acceptors (Lipinski definition) is 3. The molecule has 0 N–H and O–H groups in total. The van der Waals surface area contributed by atoms with Gasteiger partial charge < -0.3 is 4.42 Å². The fraction of sp³-hybridized carbons (Fsp3) is 0.286. The van der Waals surface area contributed by atoms with Crippen LogP contribution in [0.3, 0.4) is 0 Å². The average Bonchev–Trinajstić information content (AvgIpc) is 2.27. The van der Waals surface area contributed by atoms with Gasteiger partial charge in [0.1, 0.15) is 5.58 Å². The number of carbonyl (C=O) groups is 1. The van der Waals surface area contributed by atoms with Crippen molar-refractivity contribution in [3.05, 3.63) is 46.3 Å². The molecule has 0 radical (unpaired) electrons. The van der Waals surface area contributed by atoms with Crippen LogP contribution in [0.15, 0.2) is 39.5 Å². The van der Waals surface area contributed by atoms with E-state index in [2.05, 4.69) is 0 Å². The smallest absolute Gasteiger partial charge is 0.203 e. The number of Topliss-reactive ketones (excluding diaryl/α,β-unsaturated/α-hetero) is 1. The summed E-state index contributed by atoms with van der Waals surface area (Å²) in [7, 11) is 0. The van der Waals surface area contributed by atoms with Crippen LogP contribution < -0.4 is 5.43 Å². The SMILES string of the molecule is CC(C)(C)C(=O)c1cc(=O)c2ccccc2o1. The quantitative estimate of drug-likeness (QED) is 0.707. The molecule has 3 heteroatoms. The third-order valence-corrected chi connectivity index (χ3v) is 2.54. The summed E-state index contributed by atoms with van der Waals surface area (Å²) in [5.74, 6) is -0.0402. The number of hydrogen-bond donors (Lipinski definition) is 0. The Kier molecular flexibility index (Phi) is 2.62. The van der Waals surface area contributed by atoms with E-state index in [0.29, 0.717) is 11.0 Å². The molecule has 1 aromatic heterocycles. The van der Waals surface area contributed by atoms with E-state index >= 15 is 0 Å². The molecule has 0 aliphatic carbocycles. The molecule has 0 fully saturated rings. The molecule has 1 aromatic carbocycles. The van der Waals surface area contributed by atoms with E-state index in [1.54, 1.807) is 45.0 Å². The number of fused-ring (bicyclic) bond motifs is 1. The van der Waals surface area contributed by atoms with E-state index in [4.69, 9.17) is 4.42 Å². The van der Waals surface area contributed by atoms with Crippen LogP contribution in [0.25, 0.3) is 11.0 Å². The van der Waals surface area contributed by atoms with Crippen molar-refractivity contribution in [1.82, 2.24) is 0 Å². The maximum atomic E-state index is 12.0. The molecule has 88 valence electrons. The van der Waals surface area contributed by atoms with E-state index in [-0.39, 0.29) is 17.0 Å². The van der Waals surface area contributed by atoms with Crippen molar-refractivity contribution in [3.63, 3.8) is 0 Å². The van der Waals surface area contributed by atoms with E-state index < -0.39 is 5.41 Å². The Hall–Kier alpha value is -1.90. The molecule has 0 aliphatic rings. The third-order valence-electron chi connectivity index (χ3n) is 2.54. The zero-order valence-corrected chi connectivity index (χ0v) is 10.1. The molecular formula is C14H14O3. The Morgan fingerprint density at radius 1 is 1.18 bits per heavy atom. The minimum atomic E-state index is -0.557. The topological polar surface area (TPSA) is 47.3 Å². The van der Waals surface area contributed by atoms with Crippen molar-refractivity contribution in [2.45, 2.75) is 20.8 Å². The summed E-state index contributed by atoms with van der Waals surface area (Å²) in [6.07, 6.45) is 0. The Morgan fingerprint density at radius 2 is 1.82 bits per heavy atom. The van der Waals surface area contributed by atoms with Crippen LogP contribution in [0.2, 0.25) is 0 Å². The highest BCUT2D eigenvalue weighted by atomic mass is 16.3. The lowest BCUT2D eigenvalue weighted by atomic mass is 9.89. The summed E-state index contributed by atoms with van der Waals surface area (Å²) in [6, 6.07) is 8.19. The molecular weight excluding hydrogens is 216 g/mol. The van der Waals surface area contributed by atoms with Gasteiger partial charge in [-0.25, -0.2) is 0 Å². The highest BCUT2D eigenvalue weighted by Crippen LogP contribution is 2.22. The van der Waals surface area contributed by atoms with Gasteiger partial charge in [-0.15, -0.1) is 0 Å². The molecule has 0 unspecified atom stereocenters. The second kappa shape index (κ2) is 3.84. The Labute approximate surface area is 99.1 Å². The Bertz CT molecular complexity index is 630. The number of benzene rings is 1.